The van der Waals surface area contributed by atoms with E-state index in [1.807, 2.05) is 30.3 Å². The molecule has 1 aliphatic heterocycles. The van der Waals surface area contributed by atoms with Crippen LogP contribution in [0, 0.1) is 0 Å². The number of aromatic nitrogens is 3. The van der Waals surface area contributed by atoms with Crippen molar-refractivity contribution in [3.63, 3.8) is 0 Å². The molecule has 4 aromatic rings. The third-order valence-electron chi connectivity index (χ3n) is 7.10. The van der Waals surface area contributed by atoms with E-state index in [1.54, 1.807) is 25.3 Å². The van der Waals surface area contributed by atoms with Gasteiger partial charge in [-0.15, -0.1) is 0 Å². The number of nitrogens with zero attached hydrogens (tertiary/aromatic N) is 3. The molecule has 2 atom stereocenters. The number of ether oxygens (including phenoxy) is 2. The molecule has 3 heterocycles. The first-order chi connectivity index (χ1) is 20.7. The number of halogens is 3. The Hall–Kier alpha value is -3.51. The molecular formula is C30H28Cl3N5O5. The number of anilines is 1. The lowest BCUT2D eigenvalue weighted by Crippen LogP contribution is -2.46. The van der Waals surface area contributed by atoms with Gasteiger partial charge in [0.05, 0.1) is 41.2 Å². The second kappa shape index (κ2) is 13.4. The number of hydrogen-bond acceptors (Lipinski definition) is 8. The summed E-state index contributed by atoms with van der Waals surface area (Å²) in [6.45, 7) is 1.36. The van der Waals surface area contributed by atoms with Gasteiger partial charge in [0.25, 0.3) is 11.5 Å². The third-order valence-corrected chi connectivity index (χ3v) is 8.10. The Morgan fingerprint density at radius 1 is 1.09 bits per heavy atom. The highest BCUT2D eigenvalue weighted by Crippen LogP contribution is 2.41. The third kappa shape index (κ3) is 6.70. The van der Waals surface area contributed by atoms with Crippen LogP contribution in [0.1, 0.15) is 22.3 Å². The molecular weight excluding hydrogens is 617 g/mol. The van der Waals surface area contributed by atoms with Crippen LogP contribution in [0.5, 0.6) is 5.88 Å². The Morgan fingerprint density at radius 2 is 1.81 bits per heavy atom. The van der Waals surface area contributed by atoms with Crippen LogP contribution in [0.15, 0.2) is 59.4 Å². The normalized spacial score (nSPS) is 16.6. The molecule has 1 fully saturated rings. The van der Waals surface area contributed by atoms with E-state index in [0.717, 1.165) is 10.2 Å². The van der Waals surface area contributed by atoms with Crippen molar-refractivity contribution >= 4 is 46.4 Å². The van der Waals surface area contributed by atoms with Crippen LogP contribution in [0.3, 0.4) is 0 Å². The first-order valence-electron chi connectivity index (χ1n) is 13.3. The van der Waals surface area contributed by atoms with E-state index in [9.17, 15) is 14.7 Å². The van der Waals surface area contributed by atoms with Gasteiger partial charge in [-0.25, -0.2) is 9.67 Å². The molecule has 0 radical (unpaired) electrons. The van der Waals surface area contributed by atoms with Gasteiger partial charge in [0.15, 0.2) is 5.15 Å². The molecule has 224 valence electrons. The first kappa shape index (κ1) is 30.9. The smallest absolute Gasteiger partial charge is 0.279 e. The number of rotatable bonds is 8. The zero-order valence-electron chi connectivity index (χ0n) is 23.2. The summed E-state index contributed by atoms with van der Waals surface area (Å²) in [6.07, 6.45) is 0.134. The average Bonchev–Trinajstić information content (AvgIpc) is 3.00. The minimum atomic E-state index is -0.680. The first-order valence-corrected chi connectivity index (χ1v) is 14.5. The predicted molar refractivity (Wildman–Crippen MR) is 166 cm³/mol. The van der Waals surface area contributed by atoms with Crippen LogP contribution >= 0.6 is 34.8 Å². The fraction of sp³-hybridized carbons (Fsp3) is 0.267. The van der Waals surface area contributed by atoms with Gasteiger partial charge in [0.1, 0.15) is 5.56 Å². The molecule has 0 unspecified atom stereocenters. The fourth-order valence-electron chi connectivity index (χ4n) is 4.83. The molecule has 13 heteroatoms. The van der Waals surface area contributed by atoms with E-state index in [2.05, 4.69) is 15.7 Å². The highest BCUT2D eigenvalue weighted by atomic mass is 35.5. The molecule has 5 rings (SSSR count). The van der Waals surface area contributed by atoms with Crippen LogP contribution in [-0.2, 0) is 18.3 Å². The van der Waals surface area contributed by atoms with Crippen LogP contribution in [0.25, 0.3) is 22.4 Å². The minimum absolute atomic E-state index is 0.00310. The monoisotopic (exact) mass is 643 g/mol. The maximum Gasteiger partial charge on any atom is 0.279 e. The SMILES string of the molecule is COc1nc(-c2cccc(-c3cccc(NC(=O)c4cc(Cl)nn(C)c4=O)c3Cl)c2Cl)ccc1CN[C@@H]1CCOC[C@@H]1O. The van der Waals surface area contributed by atoms with Crippen molar-refractivity contribution < 1.29 is 19.4 Å². The molecule has 1 saturated heterocycles. The second-order valence-electron chi connectivity index (χ2n) is 9.88. The number of aliphatic hydroxyl groups is 1. The topological polar surface area (TPSA) is 128 Å². The van der Waals surface area contributed by atoms with E-state index in [-0.39, 0.29) is 27.5 Å². The predicted octanol–water partition coefficient (Wildman–Crippen LogP) is 4.97. The number of amides is 1. The zero-order valence-corrected chi connectivity index (χ0v) is 25.5. The van der Waals surface area contributed by atoms with Crippen LogP contribution in [0.2, 0.25) is 15.2 Å². The number of benzene rings is 2. The zero-order chi connectivity index (χ0) is 30.7. The summed E-state index contributed by atoms with van der Waals surface area (Å²) in [5, 5.41) is 20.7. The number of hydrogen-bond donors (Lipinski definition) is 3. The van der Waals surface area contributed by atoms with Gasteiger partial charge in [0, 0.05) is 48.5 Å². The number of aryl methyl sites for hydroxylation is 1. The number of methoxy groups -OCH3 is 1. The second-order valence-corrected chi connectivity index (χ2v) is 11.0. The Bertz CT molecular complexity index is 1730. The number of carbonyl (C=O) groups excluding carboxylic acids is 1. The van der Waals surface area contributed by atoms with Crippen molar-refractivity contribution in [2.75, 3.05) is 25.6 Å². The molecule has 2 aromatic carbocycles. The minimum Gasteiger partial charge on any atom is -0.481 e. The van der Waals surface area contributed by atoms with E-state index in [4.69, 9.17) is 49.3 Å². The van der Waals surface area contributed by atoms with Crippen molar-refractivity contribution in [1.82, 2.24) is 20.1 Å². The van der Waals surface area contributed by atoms with Gasteiger partial charge < -0.3 is 25.2 Å². The van der Waals surface area contributed by atoms with Crippen LogP contribution < -0.4 is 20.9 Å². The van der Waals surface area contributed by atoms with Crippen molar-refractivity contribution in [2.45, 2.75) is 25.1 Å². The summed E-state index contributed by atoms with van der Waals surface area (Å²) in [4.78, 5) is 30.1. The molecule has 10 nitrogen and oxygen atoms in total. The molecule has 1 amide bonds. The summed E-state index contributed by atoms with van der Waals surface area (Å²) < 4.78 is 11.9. The molecule has 0 bridgehead atoms. The lowest BCUT2D eigenvalue weighted by atomic mass is 10.00. The number of pyridine rings is 1. The highest BCUT2D eigenvalue weighted by molar-refractivity contribution is 6.39. The Balaban J connectivity index is 1.41. The maximum atomic E-state index is 12.9. The highest BCUT2D eigenvalue weighted by Gasteiger charge is 2.24. The van der Waals surface area contributed by atoms with Gasteiger partial charge in [-0.3, -0.25) is 9.59 Å². The molecule has 3 N–H and O–H groups in total. The Labute approximate surface area is 262 Å². The van der Waals surface area contributed by atoms with Gasteiger partial charge >= 0.3 is 0 Å². The van der Waals surface area contributed by atoms with Crippen LogP contribution in [-0.4, -0.2) is 58.2 Å². The Morgan fingerprint density at radius 3 is 2.56 bits per heavy atom. The summed E-state index contributed by atoms with van der Waals surface area (Å²) in [6, 6.07) is 15.5. The summed E-state index contributed by atoms with van der Waals surface area (Å²) in [5.41, 5.74) is 2.75. The molecule has 0 aliphatic carbocycles. The lowest BCUT2D eigenvalue weighted by Gasteiger charge is -2.28. The van der Waals surface area contributed by atoms with Crippen LogP contribution in [0.4, 0.5) is 5.69 Å². The van der Waals surface area contributed by atoms with E-state index in [1.165, 1.54) is 13.1 Å². The molecule has 0 spiro atoms. The molecule has 43 heavy (non-hydrogen) atoms. The van der Waals surface area contributed by atoms with Gasteiger partial charge in [-0.1, -0.05) is 71.2 Å². The molecule has 0 saturated carbocycles. The standard InChI is InChI=1S/C30H28Cl3N5O5/c1-38-30(41)20(13-25(31)37-38)28(40)35-23-8-4-6-18(27(23)33)17-5-3-7-19(26(17)32)21-10-9-16(29(36-21)42-2)14-34-22-11-12-43-15-24(22)39/h3-10,13,22,24,34,39H,11-12,14-15H2,1-2H3,(H,35,40)/t22-,24+/m1/s1. The van der Waals surface area contributed by atoms with Crippen molar-refractivity contribution in [3.8, 4) is 28.3 Å². The van der Waals surface area contributed by atoms with E-state index >= 15 is 0 Å². The largest absolute Gasteiger partial charge is 0.481 e. The van der Waals surface area contributed by atoms with Gasteiger partial charge in [-0.05, 0) is 24.6 Å². The number of carbonyl (C=O) groups is 1. The summed E-state index contributed by atoms with van der Waals surface area (Å²) in [5.74, 6) is -0.251. The lowest BCUT2D eigenvalue weighted by molar-refractivity contribution is -0.0281. The maximum absolute atomic E-state index is 12.9. The van der Waals surface area contributed by atoms with Crippen molar-refractivity contribution in [2.24, 2.45) is 7.05 Å². The fourth-order valence-corrected chi connectivity index (χ4v) is 5.65. The van der Waals surface area contributed by atoms with Gasteiger partial charge in [0.2, 0.25) is 5.88 Å². The van der Waals surface area contributed by atoms with Crippen molar-refractivity contribution in [1.29, 1.82) is 0 Å². The average molecular weight is 645 g/mol. The molecule has 2 aromatic heterocycles. The quantitative estimate of drug-likeness (QED) is 0.245. The number of nitrogens with one attached hydrogen (secondary N) is 2. The van der Waals surface area contributed by atoms with E-state index in [0.29, 0.717) is 59.5 Å². The van der Waals surface area contributed by atoms with Gasteiger partial charge in [-0.2, -0.15) is 5.10 Å². The molecule has 1 aliphatic rings. The number of aliphatic hydroxyl groups excluding tert-OH is 1. The van der Waals surface area contributed by atoms with E-state index < -0.39 is 17.6 Å². The van der Waals surface area contributed by atoms with Crippen molar-refractivity contribution in [3.05, 3.63) is 91.3 Å². The summed E-state index contributed by atoms with van der Waals surface area (Å²) in [7, 11) is 2.95. The Kier molecular flexibility index (Phi) is 9.65. The summed E-state index contributed by atoms with van der Waals surface area (Å²) >= 11 is 19.6.